The lowest BCUT2D eigenvalue weighted by Gasteiger charge is -2.32. The molecule has 28 heavy (non-hydrogen) atoms. The summed E-state index contributed by atoms with van der Waals surface area (Å²) in [4.78, 5) is 0. The van der Waals surface area contributed by atoms with Crippen LogP contribution in [0.4, 0.5) is 0 Å². The van der Waals surface area contributed by atoms with Gasteiger partial charge in [-0.15, -0.1) is 0 Å². The molecule has 0 saturated carbocycles. The largest absolute Gasteiger partial charge is 0.498 e. The molecule has 154 valence electrons. The summed E-state index contributed by atoms with van der Waals surface area (Å²) in [7, 11) is 2.04. The van der Waals surface area contributed by atoms with Crippen LogP contribution < -0.4 is 20.4 Å². The Bertz CT molecular complexity index is 727. The van der Waals surface area contributed by atoms with E-state index in [0.717, 1.165) is 10.9 Å². The highest BCUT2D eigenvalue weighted by atomic mass is 16.7. The summed E-state index contributed by atoms with van der Waals surface area (Å²) in [5, 5.41) is 0. The molecule has 6 nitrogen and oxygen atoms in total. The number of hydrogen-bond donors (Lipinski definition) is 0. The standard InChI is InChI=1S/C20H32B2O6/c1-17(2)18(3,4)26-21(25-17)14-11-13(23-9)12-15(24-10)16(14)22-27-19(5,6)20(7,8)28-22/h11-12H,1-10H3. The molecule has 0 aliphatic carbocycles. The van der Waals surface area contributed by atoms with Crippen LogP contribution in [-0.4, -0.2) is 50.9 Å². The Hall–Kier alpha value is -1.21. The van der Waals surface area contributed by atoms with Gasteiger partial charge in [0.25, 0.3) is 0 Å². The zero-order valence-corrected chi connectivity index (χ0v) is 18.8. The van der Waals surface area contributed by atoms with Gasteiger partial charge in [-0.05, 0) is 66.9 Å². The third-order valence-electron chi connectivity index (χ3n) is 6.60. The second kappa shape index (κ2) is 6.66. The summed E-state index contributed by atoms with van der Waals surface area (Å²) in [5.41, 5.74) is -0.345. The zero-order valence-electron chi connectivity index (χ0n) is 18.8. The lowest BCUT2D eigenvalue weighted by molar-refractivity contribution is 0.00578. The first-order chi connectivity index (χ1) is 12.7. The van der Waals surface area contributed by atoms with Crippen molar-refractivity contribution < 1.29 is 28.1 Å². The second-order valence-corrected chi connectivity index (χ2v) is 9.51. The summed E-state index contributed by atoms with van der Waals surface area (Å²) in [5.74, 6) is 1.27. The SMILES string of the molecule is COc1cc(OC)c(B2OC(C)(C)C(C)(C)O2)c(B2OC(C)(C)C(C)(C)O2)c1. The maximum Gasteiger partial charge on any atom is 0.498 e. The first kappa shape index (κ1) is 21.5. The van der Waals surface area contributed by atoms with Gasteiger partial charge in [-0.3, -0.25) is 0 Å². The van der Waals surface area contributed by atoms with Crippen LogP contribution in [0.2, 0.25) is 0 Å². The van der Waals surface area contributed by atoms with Gasteiger partial charge in [-0.25, -0.2) is 0 Å². The summed E-state index contributed by atoms with van der Waals surface area (Å²) >= 11 is 0. The van der Waals surface area contributed by atoms with E-state index in [2.05, 4.69) is 0 Å². The van der Waals surface area contributed by atoms with E-state index in [1.165, 1.54) is 0 Å². The number of rotatable bonds is 4. The van der Waals surface area contributed by atoms with Crippen molar-refractivity contribution in [2.24, 2.45) is 0 Å². The number of benzene rings is 1. The molecule has 2 fully saturated rings. The predicted molar refractivity (Wildman–Crippen MR) is 111 cm³/mol. The first-order valence-corrected chi connectivity index (χ1v) is 9.72. The molecule has 0 aromatic heterocycles. The Kier molecular flexibility index (Phi) is 5.11. The monoisotopic (exact) mass is 390 g/mol. The molecule has 0 amide bonds. The molecule has 8 heteroatoms. The Morgan fingerprint density at radius 1 is 0.643 bits per heavy atom. The molecule has 0 bridgehead atoms. The van der Waals surface area contributed by atoms with Crippen LogP contribution in [0, 0.1) is 0 Å². The fraction of sp³-hybridized carbons (Fsp3) is 0.700. The molecule has 0 N–H and O–H groups in total. The van der Waals surface area contributed by atoms with Crippen LogP contribution in [0.5, 0.6) is 11.5 Å². The molecule has 0 unspecified atom stereocenters. The maximum atomic E-state index is 6.32. The van der Waals surface area contributed by atoms with Gasteiger partial charge in [0.2, 0.25) is 0 Å². The minimum Gasteiger partial charge on any atom is -0.497 e. The average molecular weight is 390 g/mol. The molecule has 1 aromatic rings. The van der Waals surface area contributed by atoms with Crippen molar-refractivity contribution in [1.82, 2.24) is 0 Å². The van der Waals surface area contributed by atoms with Gasteiger partial charge in [0.15, 0.2) is 0 Å². The second-order valence-electron chi connectivity index (χ2n) is 9.51. The molecular formula is C20H32B2O6. The van der Waals surface area contributed by atoms with Gasteiger partial charge in [-0.2, -0.15) is 0 Å². The van der Waals surface area contributed by atoms with E-state index in [1.54, 1.807) is 14.2 Å². The molecule has 1 aromatic carbocycles. The zero-order chi connectivity index (χ0) is 21.1. The summed E-state index contributed by atoms with van der Waals surface area (Å²) < 4.78 is 36.4. The summed E-state index contributed by atoms with van der Waals surface area (Å²) in [6, 6.07) is 3.74. The molecule has 3 rings (SSSR count). The van der Waals surface area contributed by atoms with Crippen molar-refractivity contribution in [3.05, 3.63) is 12.1 Å². The molecule has 2 aliphatic rings. The van der Waals surface area contributed by atoms with Gasteiger partial charge < -0.3 is 28.1 Å². The minimum atomic E-state index is -0.611. The van der Waals surface area contributed by atoms with Crippen molar-refractivity contribution in [3.63, 3.8) is 0 Å². The number of ether oxygens (including phenoxy) is 2. The van der Waals surface area contributed by atoms with Gasteiger partial charge in [-0.1, -0.05) is 0 Å². The van der Waals surface area contributed by atoms with Crippen molar-refractivity contribution in [1.29, 1.82) is 0 Å². The smallest absolute Gasteiger partial charge is 0.497 e. The van der Waals surface area contributed by atoms with Crippen LogP contribution in [0.3, 0.4) is 0 Å². The van der Waals surface area contributed by atoms with Crippen molar-refractivity contribution in [2.45, 2.75) is 77.8 Å². The highest BCUT2D eigenvalue weighted by molar-refractivity contribution is 6.75. The predicted octanol–water partition coefficient (Wildman–Crippen LogP) is 2.30. The first-order valence-electron chi connectivity index (χ1n) is 9.72. The van der Waals surface area contributed by atoms with Crippen molar-refractivity contribution in [2.75, 3.05) is 14.2 Å². The number of hydrogen-bond acceptors (Lipinski definition) is 6. The van der Waals surface area contributed by atoms with Gasteiger partial charge >= 0.3 is 14.2 Å². The van der Waals surface area contributed by atoms with E-state index in [0.29, 0.717) is 11.5 Å². The normalized spacial score (nSPS) is 24.5. The van der Waals surface area contributed by atoms with E-state index in [9.17, 15) is 0 Å². The molecule has 2 aliphatic heterocycles. The van der Waals surface area contributed by atoms with Gasteiger partial charge in [0, 0.05) is 11.5 Å². The van der Waals surface area contributed by atoms with Gasteiger partial charge in [0.1, 0.15) is 11.5 Å². The van der Waals surface area contributed by atoms with Crippen molar-refractivity contribution >= 4 is 25.2 Å². The van der Waals surface area contributed by atoms with Crippen LogP contribution in [0.1, 0.15) is 55.4 Å². The van der Waals surface area contributed by atoms with Crippen LogP contribution in [0.25, 0.3) is 0 Å². The van der Waals surface area contributed by atoms with E-state index in [4.69, 9.17) is 28.1 Å². The Labute approximate surface area is 169 Å². The van der Waals surface area contributed by atoms with E-state index >= 15 is 0 Å². The lowest BCUT2D eigenvalue weighted by atomic mass is 9.64. The Morgan fingerprint density at radius 2 is 1.07 bits per heavy atom. The van der Waals surface area contributed by atoms with E-state index < -0.39 is 36.6 Å². The molecule has 0 spiro atoms. The van der Waals surface area contributed by atoms with E-state index in [-0.39, 0.29) is 0 Å². The van der Waals surface area contributed by atoms with Crippen LogP contribution >= 0.6 is 0 Å². The fourth-order valence-corrected chi connectivity index (χ4v) is 3.29. The minimum absolute atomic E-state index is 0.471. The lowest BCUT2D eigenvalue weighted by Crippen LogP contribution is -2.52. The molecule has 0 radical (unpaired) electrons. The van der Waals surface area contributed by atoms with Crippen molar-refractivity contribution in [3.8, 4) is 11.5 Å². The van der Waals surface area contributed by atoms with E-state index in [1.807, 2.05) is 67.5 Å². The third-order valence-corrected chi connectivity index (χ3v) is 6.60. The number of methoxy groups -OCH3 is 2. The molecule has 2 heterocycles. The quantitative estimate of drug-likeness (QED) is 0.736. The average Bonchev–Trinajstić information content (AvgIpc) is 2.92. The Morgan fingerprint density at radius 3 is 1.46 bits per heavy atom. The molecule has 0 atom stereocenters. The summed E-state index contributed by atoms with van der Waals surface area (Å²) in [6.45, 7) is 16.2. The van der Waals surface area contributed by atoms with Crippen LogP contribution in [-0.2, 0) is 18.6 Å². The molecule has 2 saturated heterocycles. The molecular weight excluding hydrogens is 358 g/mol. The highest BCUT2D eigenvalue weighted by Crippen LogP contribution is 2.39. The maximum absolute atomic E-state index is 6.32. The van der Waals surface area contributed by atoms with Crippen LogP contribution in [0.15, 0.2) is 12.1 Å². The highest BCUT2D eigenvalue weighted by Gasteiger charge is 2.57. The Balaban J connectivity index is 2.12. The fourth-order valence-electron chi connectivity index (χ4n) is 3.29. The topological polar surface area (TPSA) is 55.4 Å². The summed E-state index contributed by atoms with van der Waals surface area (Å²) in [6.07, 6.45) is 0. The van der Waals surface area contributed by atoms with Gasteiger partial charge in [0.05, 0.1) is 36.6 Å². The third kappa shape index (κ3) is 3.34.